The van der Waals surface area contributed by atoms with Gasteiger partial charge in [-0.1, -0.05) is 48.3 Å². The van der Waals surface area contributed by atoms with E-state index in [0.29, 0.717) is 29.3 Å². The second-order valence-electron chi connectivity index (χ2n) is 8.37. The lowest BCUT2D eigenvalue weighted by molar-refractivity contribution is -0.154. The van der Waals surface area contributed by atoms with E-state index < -0.39 is 5.41 Å². The van der Waals surface area contributed by atoms with Crippen molar-refractivity contribution in [3.8, 4) is 0 Å². The van der Waals surface area contributed by atoms with Crippen molar-refractivity contribution in [1.29, 1.82) is 0 Å². The van der Waals surface area contributed by atoms with Crippen LogP contribution < -0.4 is 0 Å². The van der Waals surface area contributed by atoms with Crippen LogP contribution in [0.5, 0.6) is 0 Å². The molecule has 0 aliphatic carbocycles. The average molecular weight is 447 g/mol. The maximum atomic E-state index is 13.8. The topological polar surface area (TPSA) is 53.4 Å². The molecule has 1 aromatic heterocycles. The van der Waals surface area contributed by atoms with Gasteiger partial charge in [0.1, 0.15) is 0 Å². The number of rotatable bonds is 7. The minimum Gasteiger partial charge on any atom is -0.396 e. The molecule has 2 heterocycles. The first kappa shape index (κ1) is 22.8. The van der Waals surface area contributed by atoms with Gasteiger partial charge >= 0.3 is 0 Å². The number of likely N-dealkylation sites (tertiary alicyclic amines) is 1. The third kappa shape index (κ3) is 4.56. The summed E-state index contributed by atoms with van der Waals surface area (Å²) < 4.78 is 0. The number of nitrogens with zero attached hydrogens (tertiary/aromatic N) is 2. The van der Waals surface area contributed by atoms with Gasteiger partial charge in [0.25, 0.3) is 0 Å². The number of aromatic nitrogens is 1. The Labute approximate surface area is 188 Å². The summed E-state index contributed by atoms with van der Waals surface area (Å²) in [5.41, 5.74) is 1.40. The molecule has 1 aliphatic rings. The number of carbonyl (C=O) groups is 1. The minimum atomic E-state index is -0.596. The van der Waals surface area contributed by atoms with Crippen molar-refractivity contribution in [3.05, 3.63) is 76.6 Å². The maximum absolute atomic E-state index is 13.8. The predicted octanol–water partition coefficient (Wildman–Crippen LogP) is 5.80. The van der Waals surface area contributed by atoms with E-state index >= 15 is 0 Å². The van der Waals surface area contributed by atoms with Gasteiger partial charge in [0.05, 0.1) is 16.5 Å². The smallest absolute Gasteiger partial charge is 0.229 e. The van der Waals surface area contributed by atoms with Crippen molar-refractivity contribution >= 4 is 29.1 Å². The number of allylic oxidation sites excluding steroid dienone is 1. The normalized spacial score (nSPS) is 25.2. The lowest BCUT2D eigenvalue weighted by Crippen LogP contribution is -2.55. The van der Waals surface area contributed by atoms with Gasteiger partial charge in [-0.2, -0.15) is 0 Å². The molecule has 1 N–H and O–H groups in total. The minimum absolute atomic E-state index is 0.0128. The molecule has 0 saturated carbocycles. The van der Waals surface area contributed by atoms with E-state index in [4.69, 9.17) is 23.2 Å². The first-order valence-electron chi connectivity index (χ1n) is 10.2. The Balaban J connectivity index is 2.19. The Hall–Kier alpha value is -1.88. The van der Waals surface area contributed by atoms with E-state index in [9.17, 15) is 9.90 Å². The van der Waals surface area contributed by atoms with Gasteiger partial charge < -0.3 is 10.0 Å². The second kappa shape index (κ2) is 9.51. The monoisotopic (exact) mass is 446 g/mol. The first-order chi connectivity index (χ1) is 14.3. The van der Waals surface area contributed by atoms with Crippen molar-refractivity contribution < 1.29 is 9.90 Å². The third-order valence-electron chi connectivity index (χ3n) is 6.08. The molecule has 160 valence electrons. The van der Waals surface area contributed by atoms with Gasteiger partial charge in [-0.3, -0.25) is 9.78 Å². The Bertz CT molecular complexity index is 902. The number of pyridine rings is 1. The van der Waals surface area contributed by atoms with Crippen LogP contribution in [0, 0.1) is 5.41 Å². The number of aliphatic hydroxyl groups excluding tert-OH is 1. The fourth-order valence-corrected chi connectivity index (χ4v) is 4.90. The number of piperidine rings is 1. The largest absolute Gasteiger partial charge is 0.396 e. The fourth-order valence-electron chi connectivity index (χ4n) is 4.59. The van der Waals surface area contributed by atoms with Gasteiger partial charge in [-0.05, 0) is 55.5 Å². The quantitative estimate of drug-likeness (QED) is 0.546. The van der Waals surface area contributed by atoms with Gasteiger partial charge in [0.15, 0.2) is 0 Å². The summed E-state index contributed by atoms with van der Waals surface area (Å²) in [6, 6.07) is 9.22. The lowest BCUT2D eigenvalue weighted by Gasteiger charge is -2.51. The molecular formula is C24H28Cl2N2O2. The number of halogens is 2. The molecule has 1 fully saturated rings. The van der Waals surface area contributed by atoms with Gasteiger partial charge in [-0.25, -0.2) is 0 Å². The van der Waals surface area contributed by atoms with Crippen LogP contribution in [0.25, 0.3) is 0 Å². The van der Waals surface area contributed by atoms with E-state index in [1.807, 2.05) is 61.4 Å². The summed E-state index contributed by atoms with van der Waals surface area (Å²) in [6.07, 6.45) is 6.98. The molecule has 1 saturated heterocycles. The zero-order chi connectivity index (χ0) is 21.9. The number of benzene rings is 1. The van der Waals surface area contributed by atoms with E-state index in [1.54, 1.807) is 6.20 Å². The number of hydrogen-bond acceptors (Lipinski definition) is 3. The molecule has 2 aromatic rings. The molecule has 3 rings (SSSR count). The van der Waals surface area contributed by atoms with Crippen LogP contribution in [0.2, 0.25) is 10.0 Å². The van der Waals surface area contributed by atoms with Crippen LogP contribution in [0.3, 0.4) is 0 Å². The van der Waals surface area contributed by atoms with E-state index in [-0.39, 0.29) is 30.5 Å². The van der Waals surface area contributed by atoms with Crippen LogP contribution >= 0.6 is 23.2 Å². The van der Waals surface area contributed by atoms with Gasteiger partial charge in [-0.15, -0.1) is 6.58 Å². The number of hydrogen-bond donors (Lipinski definition) is 1. The Morgan fingerprint density at radius 3 is 2.57 bits per heavy atom. The van der Waals surface area contributed by atoms with Crippen LogP contribution in [-0.2, 0) is 4.79 Å². The highest BCUT2D eigenvalue weighted by Gasteiger charge is 2.50. The summed E-state index contributed by atoms with van der Waals surface area (Å²) in [5, 5.41) is 10.8. The summed E-state index contributed by atoms with van der Waals surface area (Å²) in [5.74, 6) is 0.0655. The van der Waals surface area contributed by atoms with Crippen molar-refractivity contribution in [2.24, 2.45) is 5.41 Å². The highest BCUT2D eigenvalue weighted by atomic mass is 35.5. The zero-order valence-corrected chi connectivity index (χ0v) is 18.9. The van der Waals surface area contributed by atoms with Gasteiger partial charge in [0, 0.05) is 36.0 Å². The van der Waals surface area contributed by atoms with E-state index in [0.717, 1.165) is 11.1 Å². The van der Waals surface area contributed by atoms with Crippen LogP contribution in [0.4, 0.5) is 0 Å². The van der Waals surface area contributed by atoms with Crippen molar-refractivity contribution in [2.75, 3.05) is 6.61 Å². The van der Waals surface area contributed by atoms with E-state index in [1.165, 1.54) is 0 Å². The number of amides is 1. The fraction of sp³-hybridized carbons (Fsp3) is 0.417. The molecule has 4 atom stereocenters. The molecule has 0 radical (unpaired) electrons. The molecule has 6 heteroatoms. The molecule has 1 aromatic carbocycles. The highest BCUT2D eigenvalue weighted by Crippen LogP contribution is 2.52. The SMILES string of the molecule is C=CC[C@@]1(C)C[C@H](c2cncc(Cl)c2)[C@@H](c2ccc(Cl)cc2)N([C@@H](C)CCO)C1=O. The summed E-state index contributed by atoms with van der Waals surface area (Å²) in [4.78, 5) is 20.0. The van der Waals surface area contributed by atoms with Crippen molar-refractivity contribution in [2.45, 2.75) is 51.1 Å². The van der Waals surface area contributed by atoms with Gasteiger partial charge in [0.2, 0.25) is 5.91 Å². The average Bonchev–Trinajstić information content (AvgIpc) is 2.71. The Kier molecular flexibility index (Phi) is 7.22. The van der Waals surface area contributed by atoms with Crippen LogP contribution in [-0.4, -0.2) is 33.5 Å². The van der Waals surface area contributed by atoms with E-state index in [2.05, 4.69) is 11.6 Å². The zero-order valence-electron chi connectivity index (χ0n) is 17.4. The molecule has 30 heavy (non-hydrogen) atoms. The van der Waals surface area contributed by atoms with Crippen LogP contribution in [0.1, 0.15) is 56.2 Å². The summed E-state index contributed by atoms with van der Waals surface area (Å²) >= 11 is 12.4. The molecule has 4 nitrogen and oxygen atoms in total. The molecule has 1 aliphatic heterocycles. The highest BCUT2D eigenvalue weighted by molar-refractivity contribution is 6.30. The molecule has 1 amide bonds. The number of aliphatic hydroxyl groups is 1. The second-order valence-corrected chi connectivity index (χ2v) is 9.24. The molecule has 0 unspecified atom stereocenters. The molecular weight excluding hydrogens is 419 g/mol. The summed E-state index contributed by atoms with van der Waals surface area (Å²) in [6.45, 7) is 7.88. The molecule has 0 spiro atoms. The third-order valence-corrected chi connectivity index (χ3v) is 6.54. The Morgan fingerprint density at radius 1 is 1.27 bits per heavy atom. The maximum Gasteiger partial charge on any atom is 0.229 e. The predicted molar refractivity (Wildman–Crippen MR) is 122 cm³/mol. The van der Waals surface area contributed by atoms with Crippen molar-refractivity contribution in [1.82, 2.24) is 9.88 Å². The first-order valence-corrected chi connectivity index (χ1v) is 11.0. The summed E-state index contributed by atoms with van der Waals surface area (Å²) in [7, 11) is 0. The lowest BCUT2D eigenvalue weighted by atomic mass is 9.67. The molecule has 0 bridgehead atoms. The Morgan fingerprint density at radius 2 is 1.97 bits per heavy atom. The standard InChI is InChI=1S/C24H28Cl2N2O2/c1-4-10-24(3)13-21(18-12-20(26)15-27-14-18)22(17-5-7-19(25)8-6-17)28(23(24)30)16(2)9-11-29/h4-8,12,14-16,21-22,29H,1,9-11,13H2,2-3H3/t16-,21+,22+,24-/m0/s1. The van der Waals surface area contributed by atoms with Crippen LogP contribution in [0.15, 0.2) is 55.4 Å². The van der Waals surface area contributed by atoms with Crippen molar-refractivity contribution in [3.63, 3.8) is 0 Å². The number of carbonyl (C=O) groups excluding carboxylic acids is 1.